The van der Waals surface area contributed by atoms with Crippen molar-refractivity contribution in [3.63, 3.8) is 0 Å². The zero-order valence-electron chi connectivity index (χ0n) is 11.0. The Balaban J connectivity index is 1.71. The summed E-state index contributed by atoms with van der Waals surface area (Å²) >= 11 is 0. The summed E-state index contributed by atoms with van der Waals surface area (Å²) in [6.07, 6.45) is -1.07. The van der Waals surface area contributed by atoms with Crippen LogP contribution >= 0.6 is 7.82 Å². The van der Waals surface area contributed by atoms with Gasteiger partial charge in [-0.15, -0.1) is 0 Å². The number of ether oxygens (including phenoxy) is 1. The molecule has 0 bridgehead atoms. The first-order chi connectivity index (χ1) is 10.5. The van der Waals surface area contributed by atoms with E-state index in [4.69, 9.17) is 15.0 Å². The molecule has 2 aromatic rings. The maximum absolute atomic E-state index is 11.5. The second-order valence-corrected chi connectivity index (χ2v) is 6.38. The molecule has 2 aliphatic heterocycles. The highest BCUT2D eigenvalue weighted by Crippen LogP contribution is 2.52. The van der Waals surface area contributed by atoms with Gasteiger partial charge >= 0.3 is 7.82 Å². The smallest absolute Gasteiger partial charge is 0.386 e. The molecule has 0 aliphatic carbocycles. The molecule has 0 spiro atoms. The number of hydrogen-bond acceptors (Lipinski definition) is 9. The molecule has 2 saturated heterocycles. The summed E-state index contributed by atoms with van der Waals surface area (Å²) in [4.78, 5) is 21.3. The van der Waals surface area contributed by atoms with Crippen LogP contribution in [-0.4, -0.2) is 54.4 Å². The summed E-state index contributed by atoms with van der Waals surface area (Å²) < 4.78 is 28.2. The first kappa shape index (κ1) is 14.0. The molecule has 4 heterocycles. The summed E-state index contributed by atoms with van der Waals surface area (Å²) in [5.41, 5.74) is 6.46. The summed E-state index contributed by atoms with van der Waals surface area (Å²) in [6, 6.07) is 0. The molecule has 11 nitrogen and oxygen atoms in total. The molecular weight excluding hydrogens is 317 g/mol. The van der Waals surface area contributed by atoms with E-state index in [1.807, 2.05) is 0 Å². The van der Waals surface area contributed by atoms with E-state index in [-0.39, 0.29) is 12.4 Å². The minimum atomic E-state index is -4.16. The highest BCUT2D eigenvalue weighted by molar-refractivity contribution is 7.47. The van der Waals surface area contributed by atoms with Crippen LogP contribution < -0.4 is 5.73 Å². The highest BCUT2D eigenvalue weighted by Gasteiger charge is 2.52. The number of imidazole rings is 1. The number of aliphatic hydroxyl groups excluding tert-OH is 1. The van der Waals surface area contributed by atoms with E-state index in [1.54, 1.807) is 0 Å². The second-order valence-electron chi connectivity index (χ2n) is 4.97. The normalized spacial score (nSPS) is 38.3. The standard InChI is InChI=1S/C10H12N5O6P/c11-8-5-9(13-2-12-8)15(3-14-5)10-6(16)7-4(20-10)1-19-22(17,18)21-7/h2-4,6-7,10,16H,1H2,(H,17,18)(H2,11,12,13)/t4-,6?,7-,10+/m0/s1. The Hall–Kier alpha value is -1.62. The van der Waals surface area contributed by atoms with Crippen molar-refractivity contribution >= 4 is 24.8 Å². The van der Waals surface area contributed by atoms with Gasteiger partial charge in [-0.2, -0.15) is 0 Å². The van der Waals surface area contributed by atoms with Crippen molar-refractivity contribution in [2.75, 3.05) is 12.3 Å². The lowest BCUT2D eigenvalue weighted by Crippen LogP contribution is -2.39. The van der Waals surface area contributed by atoms with Crippen molar-refractivity contribution in [1.29, 1.82) is 0 Å². The summed E-state index contributed by atoms with van der Waals surface area (Å²) in [5, 5.41) is 10.4. The van der Waals surface area contributed by atoms with Crippen molar-refractivity contribution in [2.24, 2.45) is 0 Å². The molecule has 4 rings (SSSR count). The SMILES string of the molecule is Nc1ncnc2c1ncn2[C@@H]1O[C@H]2COP(=O)(O)O[C@@H]2C1O. The number of rotatable bonds is 1. The molecule has 118 valence electrons. The van der Waals surface area contributed by atoms with Crippen LogP contribution in [-0.2, 0) is 18.3 Å². The van der Waals surface area contributed by atoms with E-state index in [0.29, 0.717) is 11.2 Å². The minimum absolute atomic E-state index is 0.157. The molecule has 0 amide bonds. The molecule has 2 aliphatic rings. The number of phosphoric acid groups is 1. The summed E-state index contributed by atoms with van der Waals surface area (Å²) in [6.45, 7) is -0.157. The van der Waals surface area contributed by atoms with Gasteiger partial charge in [0.15, 0.2) is 17.7 Å². The van der Waals surface area contributed by atoms with Crippen LogP contribution in [0.4, 0.5) is 5.82 Å². The van der Waals surface area contributed by atoms with Crippen LogP contribution in [0.2, 0.25) is 0 Å². The van der Waals surface area contributed by atoms with E-state index < -0.39 is 32.4 Å². The van der Waals surface area contributed by atoms with Gasteiger partial charge in [0, 0.05) is 0 Å². The van der Waals surface area contributed by atoms with Crippen molar-refractivity contribution in [3.8, 4) is 0 Å². The fraction of sp³-hybridized carbons (Fsp3) is 0.500. The number of fused-ring (bicyclic) bond motifs is 2. The lowest BCUT2D eigenvalue weighted by molar-refractivity contribution is -0.0664. The van der Waals surface area contributed by atoms with Crippen molar-refractivity contribution in [1.82, 2.24) is 19.5 Å². The fourth-order valence-electron chi connectivity index (χ4n) is 2.62. The fourth-order valence-corrected chi connectivity index (χ4v) is 3.59. The largest absolute Gasteiger partial charge is 0.472 e. The van der Waals surface area contributed by atoms with E-state index in [9.17, 15) is 14.6 Å². The third-order valence-corrected chi connectivity index (χ3v) is 4.61. The molecule has 22 heavy (non-hydrogen) atoms. The van der Waals surface area contributed by atoms with Gasteiger partial charge < -0.3 is 20.5 Å². The topological polar surface area (TPSA) is 155 Å². The molecule has 0 aromatic carbocycles. The van der Waals surface area contributed by atoms with Crippen LogP contribution in [0, 0.1) is 0 Å². The van der Waals surface area contributed by atoms with E-state index in [0.717, 1.165) is 0 Å². The Labute approximate surface area is 123 Å². The van der Waals surface area contributed by atoms with E-state index in [2.05, 4.69) is 19.5 Å². The van der Waals surface area contributed by atoms with E-state index >= 15 is 0 Å². The Morgan fingerprint density at radius 2 is 2.23 bits per heavy atom. The van der Waals surface area contributed by atoms with Crippen molar-refractivity contribution < 1.29 is 28.3 Å². The summed E-state index contributed by atoms with van der Waals surface area (Å²) in [5.74, 6) is 0.202. The lowest BCUT2D eigenvalue weighted by atomic mass is 10.1. The summed E-state index contributed by atoms with van der Waals surface area (Å²) in [7, 11) is -4.16. The first-order valence-corrected chi connectivity index (χ1v) is 7.88. The maximum atomic E-state index is 11.5. The molecule has 0 radical (unpaired) electrons. The maximum Gasteiger partial charge on any atom is 0.472 e. The van der Waals surface area contributed by atoms with Crippen molar-refractivity contribution in [3.05, 3.63) is 12.7 Å². The van der Waals surface area contributed by atoms with Gasteiger partial charge in [0.1, 0.15) is 30.2 Å². The number of anilines is 1. The zero-order valence-corrected chi connectivity index (χ0v) is 11.9. The van der Waals surface area contributed by atoms with Crippen LogP contribution in [0.5, 0.6) is 0 Å². The van der Waals surface area contributed by atoms with Gasteiger partial charge in [-0.25, -0.2) is 19.5 Å². The molecule has 5 atom stereocenters. The van der Waals surface area contributed by atoms with Crippen LogP contribution in [0.1, 0.15) is 6.23 Å². The number of nitrogens with two attached hydrogens (primary N) is 1. The molecule has 4 N–H and O–H groups in total. The Kier molecular flexibility index (Phi) is 2.98. The minimum Gasteiger partial charge on any atom is -0.386 e. The molecule has 2 unspecified atom stereocenters. The Morgan fingerprint density at radius 3 is 3.05 bits per heavy atom. The number of nitrogens with zero attached hydrogens (tertiary/aromatic N) is 4. The quantitative estimate of drug-likeness (QED) is 0.565. The first-order valence-electron chi connectivity index (χ1n) is 6.38. The number of aromatic nitrogens is 4. The van der Waals surface area contributed by atoms with Gasteiger partial charge in [0.05, 0.1) is 12.9 Å². The molecule has 2 aromatic heterocycles. The van der Waals surface area contributed by atoms with Crippen LogP contribution in [0.15, 0.2) is 12.7 Å². The number of aliphatic hydroxyl groups is 1. The third-order valence-electron chi connectivity index (χ3n) is 3.63. The average Bonchev–Trinajstić information content (AvgIpc) is 3.01. The molecule has 2 fully saturated rings. The Morgan fingerprint density at radius 1 is 1.41 bits per heavy atom. The molecular formula is C10H12N5O6P. The van der Waals surface area contributed by atoms with Crippen LogP contribution in [0.3, 0.4) is 0 Å². The number of phosphoric ester groups is 1. The van der Waals surface area contributed by atoms with Gasteiger partial charge in [-0.1, -0.05) is 0 Å². The predicted molar refractivity (Wildman–Crippen MR) is 70.3 cm³/mol. The number of hydrogen-bond donors (Lipinski definition) is 3. The van der Waals surface area contributed by atoms with Gasteiger partial charge in [-0.3, -0.25) is 13.6 Å². The zero-order chi connectivity index (χ0) is 15.5. The van der Waals surface area contributed by atoms with Crippen LogP contribution in [0.25, 0.3) is 11.2 Å². The molecule has 12 heteroatoms. The van der Waals surface area contributed by atoms with Gasteiger partial charge in [0.2, 0.25) is 0 Å². The average molecular weight is 329 g/mol. The Bertz CT molecular complexity index is 782. The van der Waals surface area contributed by atoms with Gasteiger partial charge in [-0.05, 0) is 0 Å². The van der Waals surface area contributed by atoms with E-state index in [1.165, 1.54) is 17.2 Å². The third kappa shape index (κ3) is 2.02. The van der Waals surface area contributed by atoms with Gasteiger partial charge in [0.25, 0.3) is 0 Å². The monoisotopic (exact) mass is 329 g/mol. The predicted octanol–water partition coefficient (Wildman–Crippen LogP) is -0.817. The lowest BCUT2D eigenvalue weighted by Gasteiger charge is -2.27. The molecule has 0 saturated carbocycles. The number of nitrogen functional groups attached to an aromatic ring is 1. The van der Waals surface area contributed by atoms with Crippen molar-refractivity contribution in [2.45, 2.75) is 24.5 Å². The highest BCUT2D eigenvalue weighted by atomic mass is 31.2. The second kappa shape index (κ2) is 4.69.